The number of benzene rings is 1. The molecule has 2 aliphatic heterocycles. The van der Waals surface area contributed by atoms with E-state index in [1.54, 1.807) is 11.0 Å². The fraction of sp³-hybridized carbons (Fsp3) is 0.467. The SMILES string of the molecule is NC(=NO)C1CCCN(C(=O)c2ccc3c(c2)CCO3)C1. The number of amides is 1. The second kappa shape index (κ2) is 5.63. The Morgan fingerprint density at radius 1 is 1.48 bits per heavy atom. The highest BCUT2D eigenvalue weighted by atomic mass is 16.5. The Bertz CT molecular complexity index is 586. The molecule has 0 saturated carbocycles. The van der Waals surface area contributed by atoms with E-state index in [4.69, 9.17) is 15.7 Å². The zero-order chi connectivity index (χ0) is 14.8. The molecule has 1 aromatic rings. The molecule has 1 atom stereocenters. The largest absolute Gasteiger partial charge is 0.493 e. The highest BCUT2D eigenvalue weighted by Crippen LogP contribution is 2.27. The molecule has 1 saturated heterocycles. The molecular formula is C15H19N3O3. The molecule has 0 aromatic heterocycles. The van der Waals surface area contributed by atoms with Crippen LogP contribution in [0.15, 0.2) is 23.4 Å². The molecule has 1 unspecified atom stereocenters. The lowest BCUT2D eigenvalue weighted by molar-refractivity contribution is 0.0701. The molecule has 1 amide bonds. The maximum absolute atomic E-state index is 12.6. The first kappa shape index (κ1) is 13.7. The van der Waals surface area contributed by atoms with Crippen LogP contribution in [0.25, 0.3) is 0 Å². The lowest BCUT2D eigenvalue weighted by Crippen LogP contribution is -2.44. The number of fused-ring (bicyclic) bond motifs is 1. The van der Waals surface area contributed by atoms with E-state index in [1.807, 2.05) is 12.1 Å². The lowest BCUT2D eigenvalue weighted by Gasteiger charge is -2.32. The molecule has 1 fully saturated rings. The Hall–Kier alpha value is -2.24. The fourth-order valence-corrected chi connectivity index (χ4v) is 2.99. The molecule has 0 aliphatic carbocycles. The van der Waals surface area contributed by atoms with Crippen LogP contribution in [-0.4, -0.2) is 41.5 Å². The van der Waals surface area contributed by atoms with Crippen LogP contribution in [0.2, 0.25) is 0 Å². The Morgan fingerprint density at radius 2 is 2.33 bits per heavy atom. The minimum absolute atomic E-state index is 0.000129. The Morgan fingerprint density at radius 3 is 3.14 bits per heavy atom. The predicted molar refractivity (Wildman–Crippen MR) is 77.7 cm³/mol. The molecule has 3 rings (SSSR count). The summed E-state index contributed by atoms with van der Waals surface area (Å²) in [5.41, 5.74) is 7.44. The van der Waals surface area contributed by atoms with Gasteiger partial charge in [0, 0.05) is 31.0 Å². The van der Waals surface area contributed by atoms with Gasteiger partial charge in [-0.25, -0.2) is 0 Å². The second-order valence-electron chi connectivity index (χ2n) is 5.54. The zero-order valence-corrected chi connectivity index (χ0v) is 11.8. The first-order valence-electron chi connectivity index (χ1n) is 7.21. The number of nitrogens with two attached hydrogens (primary N) is 1. The number of carbonyl (C=O) groups excluding carboxylic acids is 1. The number of amidine groups is 1. The van der Waals surface area contributed by atoms with Crippen LogP contribution in [-0.2, 0) is 6.42 Å². The first-order chi connectivity index (χ1) is 10.2. The summed E-state index contributed by atoms with van der Waals surface area (Å²) in [4.78, 5) is 14.4. The highest BCUT2D eigenvalue weighted by Gasteiger charge is 2.27. The van der Waals surface area contributed by atoms with Gasteiger partial charge in [0.05, 0.1) is 6.61 Å². The third-order valence-electron chi connectivity index (χ3n) is 4.18. The molecule has 2 aliphatic rings. The zero-order valence-electron chi connectivity index (χ0n) is 11.8. The smallest absolute Gasteiger partial charge is 0.253 e. The molecule has 21 heavy (non-hydrogen) atoms. The van der Waals surface area contributed by atoms with Gasteiger partial charge < -0.3 is 20.6 Å². The molecular weight excluding hydrogens is 270 g/mol. The van der Waals surface area contributed by atoms with Gasteiger partial charge in [-0.15, -0.1) is 0 Å². The summed E-state index contributed by atoms with van der Waals surface area (Å²) >= 11 is 0. The van der Waals surface area contributed by atoms with Crippen molar-refractivity contribution < 1.29 is 14.7 Å². The average molecular weight is 289 g/mol. The van der Waals surface area contributed by atoms with Gasteiger partial charge in [-0.2, -0.15) is 0 Å². The summed E-state index contributed by atoms with van der Waals surface area (Å²) in [6.45, 7) is 1.90. The quantitative estimate of drug-likeness (QED) is 0.371. The molecule has 112 valence electrons. The molecule has 6 nitrogen and oxygen atoms in total. The van der Waals surface area contributed by atoms with E-state index in [1.165, 1.54) is 0 Å². The highest BCUT2D eigenvalue weighted by molar-refractivity contribution is 5.95. The number of ether oxygens (including phenoxy) is 1. The van der Waals surface area contributed by atoms with Gasteiger partial charge >= 0.3 is 0 Å². The fourth-order valence-electron chi connectivity index (χ4n) is 2.99. The van der Waals surface area contributed by atoms with Crippen molar-refractivity contribution in [2.45, 2.75) is 19.3 Å². The molecule has 2 heterocycles. The van der Waals surface area contributed by atoms with Gasteiger partial charge in [0.25, 0.3) is 5.91 Å². The standard InChI is InChI=1S/C15H19N3O3/c16-14(17-20)12-2-1-6-18(9-12)15(19)11-3-4-13-10(8-11)5-7-21-13/h3-4,8,12,20H,1-2,5-7,9H2,(H2,16,17). The van der Waals surface area contributed by atoms with Gasteiger partial charge in [0.15, 0.2) is 0 Å². The number of hydrogen-bond donors (Lipinski definition) is 2. The van der Waals surface area contributed by atoms with Crippen molar-refractivity contribution in [3.63, 3.8) is 0 Å². The minimum atomic E-state index is -0.0644. The van der Waals surface area contributed by atoms with E-state index >= 15 is 0 Å². The summed E-state index contributed by atoms with van der Waals surface area (Å²) in [5.74, 6) is 1.01. The first-order valence-corrected chi connectivity index (χ1v) is 7.21. The summed E-state index contributed by atoms with van der Waals surface area (Å²) in [5, 5.41) is 11.8. The van der Waals surface area contributed by atoms with Crippen LogP contribution in [0.5, 0.6) is 5.75 Å². The summed E-state index contributed by atoms with van der Waals surface area (Å²) in [6.07, 6.45) is 2.56. The summed E-state index contributed by atoms with van der Waals surface area (Å²) in [6, 6.07) is 5.58. The minimum Gasteiger partial charge on any atom is -0.493 e. The number of carbonyl (C=O) groups is 1. The van der Waals surface area contributed by atoms with Gasteiger partial charge in [-0.3, -0.25) is 4.79 Å². The van der Waals surface area contributed by atoms with Crippen molar-refractivity contribution in [3.8, 4) is 5.75 Å². The summed E-state index contributed by atoms with van der Waals surface area (Å²) < 4.78 is 5.46. The van der Waals surface area contributed by atoms with Crippen LogP contribution in [0.1, 0.15) is 28.8 Å². The van der Waals surface area contributed by atoms with Gasteiger partial charge in [0.2, 0.25) is 0 Å². The van der Waals surface area contributed by atoms with Crippen molar-refractivity contribution >= 4 is 11.7 Å². The van der Waals surface area contributed by atoms with E-state index in [0.29, 0.717) is 25.3 Å². The average Bonchev–Trinajstić information content (AvgIpc) is 3.01. The number of oxime groups is 1. The third-order valence-corrected chi connectivity index (χ3v) is 4.18. The molecule has 0 spiro atoms. The summed E-state index contributed by atoms with van der Waals surface area (Å²) in [7, 11) is 0. The van der Waals surface area contributed by atoms with Crippen LogP contribution < -0.4 is 10.5 Å². The van der Waals surface area contributed by atoms with Gasteiger partial charge in [-0.05, 0) is 36.6 Å². The van der Waals surface area contributed by atoms with Gasteiger partial charge in [0.1, 0.15) is 11.6 Å². The lowest BCUT2D eigenvalue weighted by atomic mass is 9.96. The van der Waals surface area contributed by atoms with E-state index in [0.717, 1.165) is 30.6 Å². The van der Waals surface area contributed by atoms with Crippen molar-refractivity contribution in [1.29, 1.82) is 0 Å². The van der Waals surface area contributed by atoms with E-state index in [2.05, 4.69) is 5.16 Å². The number of rotatable bonds is 2. The molecule has 1 aromatic carbocycles. The van der Waals surface area contributed by atoms with Crippen molar-refractivity contribution in [2.24, 2.45) is 16.8 Å². The van der Waals surface area contributed by atoms with E-state index in [9.17, 15) is 4.79 Å². The monoisotopic (exact) mass is 289 g/mol. The van der Waals surface area contributed by atoms with Crippen molar-refractivity contribution in [2.75, 3.05) is 19.7 Å². The molecule has 3 N–H and O–H groups in total. The second-order valence-corrected chi connectivity index (χ2v) is 5.54. The maximum atomic E-state index is 12.6. The van der Waals surface area contributed by atoms with Crippen molar-refractivity contribution in [1.82, 2.24) is 4.90 Å². The number of likely N-dealkylation sites (tertiary alicyclic amines) is 1. The Labute approximate surface area is 123 Å². The molecule has 6 heteroatoms. The topological polar surface area (TPSA) is 88.2 Å². The molecule has 0 radical (unpaired) electrons. The number of nitrogens with zero attached hydrogens (tertiary/aromatic N) is 2. The van der Waals surface area contributed by atoms with Crippen LogP contribution in [0.3, 0.4) is 0 Å². The maximum Gasteiger partial charge on any atom is 0.253 e. The van der Waals surface area contributed by atoms with E-state index < -0.39 is 0 Å². The number of piperidine rings is 1. The van der Waals surface area contributed by atoms with Crippen LogP contribution in [0, 0.1) is 5.92 Å². The van der Waals surface area contributed by atoms with Crippen LogP contribution in [0.4, 0.5) is 0 Å². The van der Waals surface area contributed by atoms with Crippen LogP contribution >= 0.6 is 0 Å². The Kier molecular flexibility index (Phi) is 3.68. The van der Waals surface area contributed by atoms with Gasteiger partial charge in [-0.1, -0.05) is 5.16 Å². The third kappa shape index (κ3) is 2.66. The predicted octanol–water partition coefficient (Wildman–Crippen LogP) is 1.22. The van der Waals surface area contributed by atoms with Crippen molar-refractivity contribution in [3.05, 3.63) is 29.3 Å². The van der Waals surface area contributed by atoms with E-state index in [-0.39, 0.29) is 17.7 Å². The number of hydrogen-bond acceptors (Lipinski definition) is 4. The molecule has 0 bridgehead atoms. The Balaban J connectivity index is 1.75. The normalized spacial score (nSPS) is 21.8.